The Hall–Kier alpha value is -1.54. The summed E-state index contributed by atoms with van der Waals surface area (Å²) >= 11 is 1.42. The molecule has 0 saturated heterocycles. The van der Waals surface area contributed by atoms with Gasteiger partial charge in [0.05, 0.1) is 6.10 Å². The van der Waals surface area contributed by atoms with Crippen LogP contribution in [0.25, 0.3) is 11.2 Å². The summed E-state index contributed by atoms with van der Waals surface area (Å²) in [6.45, 7) is 4.63. The van der Waals surface area contributed by atoms with Gasteiger partial charge in [-0.3, -0.25) is 14.3 Å². The lowest BCUT2D eigenvalue weighted by Crippen LogP contribution is -2.29. The maximum Gasteiger partial charge on any atom is 0.329 e. The van der Waals surface area contributed by atoms with Gasteiger partial charge in [-0.15, -0.1) is 0 Å². The number of aryl methyl sites for hydroxylation is 2. The largest absolute Gasteiger partial charge is 0.393 e. The minimum Gasteiger partial charge on any atom is -0.393 e. The second-order valence-electron chi connectivity index (χ2n) is 7.17. The molecule has 2 aromatic rings. The zero-order valence-corrected chi connectivity index (χ0v) is 17.5. The quantitative estimate of drug-likeness (QED) is 0.425. The summed E-state index contributed by atoms with van der Waals surface area (Å²) in [7, 11) is 1.61. The van der Waals surface area contributed by atoms with Crippen molar-refractivity contribution in [2.24, 2.45) is 7.05 Å². The number of imidazole rings is 1. The van der Waals surface area contributed by atoms with Crippen molar-refractivity contribution in [3.8, 4) is 0 Å². The summed E-state index contributed by atoms with van der Waals surface area (Å²) in [6.07, 6.45) is 9.23. The fraction of sp³-hybridized carbons (Fsp3) is 0.737. The molecule has 152 valence electrons. The number of aromatic nitrogens is 4. The highest BCUT2D eigenvalue weighted by atomic mass is 32.2. The van der Waals surface area contributed by atoms with Crippen molar-refractivity contribution in [1.29, 1.82) is 0 Å². The van der Waals surface area contributed by atoms with Crippen molar-refractivity contribution in [2.75, 3.05) is 5.75 Å². The summed E-state index contributed by atoms with van der Waals surface area (Å²) < 4.78 is 3.27. The lowest BCUT2D eigenvalue weighted by atomic mass is 10.1. The van der Waals surface area contributed by atoms with Gasteiger partial charge in [-0.2, -0.15) is 0 Å². The second kappa shape index (κ2) is 10.7. The number of thioether (sulfide) groups is 1. The van der Waals surface area contributed by atoms with Crippen molar-refractivity contribution in [1.82, 2.24) is 19.1 Å². The van der Waals surface area contributed by atoms with Gasteiger partial charge in [-0.1, -0.05) is 63.6 Å². The molecule has 0 aliphatic rings. The monoisotopic (exact) mass is 396 g/mol. The van der Waals surface area contributed by atoms with E-state index in [-0.39, 0.29) is 0 Å². The molecule has 27 heavy (non-hydrogen) atoms. The SMILES string of the molecule is CCCCCCCCCCn1c(SCC(C)O)nc2c1c(=O)[nH]c(=O)n2C. The number of nitrogens with one attached hydrogen (secondary N) is 1. The van der Waals surface area contributed by atoms with Crippen LogP contribution in [-0.4, -0.2) is 36.1 Å². The van der Waals surface area contributed by atoms with Gasteiger partial charge in [0, 0.05) is 19.3 Å². The van der Waals surface area contributed by atoms with Crippen molar-refractivity contribution < 1.29 is 5.11 Å². The van der Waals surface area contributed by atoms with Crippen molar-refractivity contribution in [3.63, 3.8) is 0 Å². The summed E-state index contributed by atoms with van der Waals surface area (Å²) in [5.74, 6) is 0.493. The maximum absolute atomic E-state index is 12.4. The molecule has 2 rings (SSSR count). The van der Waals surface area contributed by atoms with E-state index in [1.54, 1.807) is 14.0 Å². The first kappa shape index (κ1) is 21.8. The van der Waals surface area contributed by atoms with Crippen LogP contribution < -0.4 is 11.2 Å². The lowest BCUT2D eigenvalue weighted by molar-refractivity contribution is 0.220. The maximum atomic E-state index is 12.4. The van der Waals surface area contributed by atoms with Gasteiger partial charge < -0.3 is 9.67 Å². The Labute approximate surface area is 164 Å². The van der Waals surface area contributed by atoms with Gasteiger partial charge in [0.1, 0.15) is 0 Å². The Morgan fingerprint density at radius 1 is 1.11 bits per heavy atom. The van der Waals surface area contributed by atoms with Crippen molar-refractivity contribution in [3.05, 3.63) is 20.8 Å². The van der Waals surface area contributed by atoms with Crippen LogP contribution in [0.2, 0.25) is 0 Å². The first-order chi connectivity index (χ1) is 13.0. The number of nitrogens with zero attached hydrogens (tertiary/aromatic N) is 3. The predicted molar refractivity (Wildman–Crippen MR) is 111 cm³/mol. The summed E-state index contributed by atoms with van der Waals surface area (Å²) in [5, 5.41) is 10.3. The summed E-state index contributed by atoms with van der Waals surface area (Å²) in [6, 6.07) is 0. The molecule has 0 bridgehead atoms. The number of aliphatic hydroxyl groups excluding tert-OH is 1. The van der Waals surface area contributed by atoms with E-state index in [1.165, 1.54) is 54.9 Å². The Morgan fingerprint density at radius 2 is 1.74 bits per heavy atom. The van der Waals surface area contributed by atoms with E-state index >= 15 is 0 Å². The van der Waals surface area contributed by atoms with Crippen molar-refractivity contribution in [2.45, 2.75) is 83.0 Å². The molecule has 0 amide bonds. The Kier molecular flexibility index (Phi) is 8.63. The standard InChI is InChI=1S/C19H32N4O3S/c1-4-5-6-7-8-9-10-11-12-23-15-16(20-19(23)27-13-14(2)24)22(3)18(26)21-17(15)25/h14,24H,4-13H2,1-3H3,(H,21,25,26). The van der Waals surface area contributed by atoms with Crippen molar-refractivity contribution >= 4 is 22.9 Å². The average Bonchev–Trinajstić information content (AvgIpc) is 2.99. The Morgan fingerprint density at radius 3 is 2.37 bits per heavy atom. The molecule has 1 atom stereocenters. The number of hydrogen-bond donors (Lipinski definition) is 2. The van der Waals surface area contributed by atoms with Crippen LogP contribution >= 0.6 is 11.8 Å². The predicted octanol–water partition coefficient (Wildman–Crippen LogP) is 3.04. The molecule has 2 heterocycles. The van der Waals surface area contributed by atoms with Crippen LogP contribution in [0, 0.1) is 0 Å². The topological polar surface area (TPSA) is 92.9 Å². The minimum atomic E-state index is -0.464. The molecule has 1 unspecified atom stereocenters. The third-order valence-corrected chi connectivity index (χ3v) is 5.88. The zero-order chi connectivity index (χ0) is 19.8. The molecule has 0 aliphatic carbocycles. The van der Waals surface area contributed by atoms with Crippen LogP contribution in [0.3, 0.4) is 0 Å². The third-order valence-electron chi connectivity index (χ3n) is 4.66. The second-order valence-corrected chi connectivity index (χ2v) is 8.16. The van der Waals surface area contributed by atoms with E-state index in [9.17, 15) is 14.7 Å². The van der Waals surface area contributed by atoms with Crippen LogP contribution in [0.1, 0.15) is 65.2 Å². The molecule has 0 aromatic carbocycles. The number of unbranched alkanes of at least 4 members (excludes halogenated alkanes) is 7. The fourth-order valence-corrected chi connectivity index (χ4v) is 4.01. The smallest absolute Gasteiger partial charge is 0.329 e. The highest BCUT2D eigenvalue weighted by Gasteiger charge is 2.17. The average molecular weight is 397 g/mol. The Balaban J connectivity index is 2.10. The summed E-state index contributed by atoms with van der Waals surface area (Å²) in [4.78, 5) is 31.1. The minimum absolute atomic E-state index is 0.399. The third kappa shape index (κ3) is 5.97. The van der Waals surface area contributed by atoms with Gasteiger partial charge >= 0.3 is 5.69 Å². The van der Waals surface area contributed by atoms with E-state index < -0.39 is 17.4 Å². The number of aliphatic hydroxyl groups is 1. The van der Waals surface area contributed by atoms with E-state index in [1.807, 2.05) is 4.57 Å². The molecular weight excluding hydrogens is 364 g/mol. The number of hydrogen-bond acceptors (Lipinski definition) is 5. The molecule has 8 heteroatoms. The van der Waals surface area contributed by atoms with E-state index in [0.717, 1.165) is 12.8 Å². The summed E-state index contributed by atoms with van der Waals surface area (Å²) in [5.41, 5.74) is -0.0232. The first-order valence-electron chi connectivity index (χ1n) is 9.96. The molecule has 0 saturated carbocycles. The Bertz CT molecular complexity index is 838. The molecule has 0 aliphatic heterocycles. The van der Waals surface area contributed by atoms with Gasteiger partial charge in [0.2, 0.25) is 0 Å². The molecular formula is C19H32N4O3S. The fourth-order valence-electron chi connectivity index (χ4n) is 3.13. The molecule has 0 radical (unpaired) electrons. The van der Waals surface area contributed by atoms with E-state index in [4.69, 9.17) is 0 Å². The van der Waals surface area contributed by atoms with Crippen LogP contribution in [0.4, 0.5) is 0 Å². The zero-order valence-electron chi connectivity index (χ0n) is 16.7. The van der Waals surface area contributed by atoms with Gasteiger partial charge in [-0.05, 0) is 13.3 Å². The number of aromatic amines is 1. The van der Waals surface area contributed by atoms with Gasteiger partial charge in [0.25, 0.3) is 5.56 Å². The normalized spacial score (nSPS) is 12.7. The molecule has 0 fully saturated rings. The first-order valence-corrected chi connectivity index (χ1v) is 10.9. The molecule has 7 nitrogen and oxygen atoms in total. The highest BCUT2D eigenvalue weighted by molar-refractivity contribution is 7.99. The van der Waals surface area contributed by atoms with Crippen LogP contribution in [0.15, 0.2) is 14.7 Å². The van der Waals surface area contributed by atoms with E-state index in [0.29, 0.717) is 28.6 Å². The number of fused-ring (bicyclic) bond motifs is 1. The molecule has 0 spiro atoms. The van der Waals surface area contributed by atoms with Gasteiger partial charge in [0.15, 0.2) is 16.3 Å². The number of rotatable bonds is 12. The highest BCUT2D eigenvalue weighted by Crippen LogP contribution is 2.23. The lowest BCUT2D eigenvalue weighted by Gasteiger charge is -2.09. The van der Waals surface area contributed by atoms with Gasteiger partial charge in [-0.25, -0.2) is 9.78 Å². The molecule has 2 aromatic heterocycles. The molecule has 2 N–H and O–H groups in total. The van der Waals surface area contributed by atoms with Crippen LogP contribution in [-0.2, 0) is 13.6 Å². The van der Waals surface area contributed by atoms with Crippen LogP contribution in [0.5, 0.6) is 0 Å². The van der Waals surface area contributed by atoms with E-state index in [2.05, 4.69) is 16.9 Å². The number of H-pyrrole nitrogens is 1.